The van der Waals surface area contributed by atoms with Crippen LogP contribution in [0.2, 0.25) is 0 Å². The molecule has 0 heterocycles. The van der Waals surface area contributed by atoms with Crippen LogP contribution in [0.4, 0.5) is 0 Å². The van der Waals surface area contributed by atoms with Crippen LogP contribution in [0.5, 0.6) is 0 Å². The van der Waals surface area contributed by atoms with Gasteiger partial charge >= 0.3 is 8.80 Å². The van der Waals surface area contributed by atoms with E-state index in [1.165, 1.54) is 51.4 Å². The summed E-state index contributed by atoms with van der Waals surface area (Å²) in [7, 11) is -0.276. The van der Waals surface area contributed by atoms with E-state index in [1.807, 2.05) is 0 Å². The van der Waals surface area contributed by atoms with Gasteiger partial charge < -0.3 is 4.43 Å². The molecule has 23 heavy (non-hydrogen) atoms. The zero-order chi connectivity index (χ0) is 16.9. The molecule has 2 aliphatic carbocycles. The third-order valence-electron chi connectivity index (χ3n) is 5.76. The minimum atomic E-state index is -2.34. The van der Waals surface area contributed by atoms with Crippen molar-refractivity contribution in [1.29, 1.82) is 0 Å². The number of nitrogens with one attached hydrogen (secondary N) is 3. The molecule has 4 nitrogen and oxygen atoms in total. The molecular weight excluding hydrogens is 302 g/mol. The van der Waals surface area contributed by atoms with Gasteiger partial charge in [-0.3, -0.25) is 14.9 Å². The zero-order valence-corrected chi connectivity index (χ0v) is 17.0. The van der Waals surface area contributed by atoms with Gasteiger partial charge in [0.25, 0.3) is 0 Å². The molecule has 5 heteroatoms. The summed E-state index contributed by atoms with van der Waals surface area (Å²) in [6, 6.07) is 1.15. The number of hydrogen-bond acceptors (Lipinski definition) is 4. The Morgan fingerprint density at radius 1 is 0.826 bits per heavy atom. The molecule has 0 saturated heterocycles. The molecule has 0 bridgehead atoms. The van der Waals surface area contributed by atoms with Crippen LogP contribution in [0.3, 0.4) is 0 Å². The van der Waals surface area contributed by atoms with Gasteiger partial charge in [0.1, 0.15) is 0 Å². The largest absolute Gasteiger partial charge is 0.440 e. The molecule has 2 aliphatic rings. The summed E-state index contributed by atoms with van der Waals surface area (Å²) < 4.78 is 6.49. The van der Waals surface area contributed by atoms with Gasteiger partial charge in [0.2, 0.25) is 0 Å². The maximum absolute atomic E-state index is 6.49. The van der Waals surface area contributed by atoms with E-state index in [0.717, 1.165) is 11.8 Å². The highest BCUT2D eigenvalue weighted by Gasteiger charge is 2.43. The first-order valence-corrected chi connectivity index (χ1v) is 11.8. The van der Waals surface area contributed by atoms with E-state index >= 15 is 0 Å². The van der Waals surface area contributed by atoms with Crippen molar-refractivity contribution in [3.05, 3.63) is 0 Å². The lowest BCUT2D eigenvalue weighted by atomic mass is 9.87. The molecule has 0 spiro atoms. The standard InChI is InChI=1S/C18H39N3OSi/c1-14(2)22-23(19-5,20-17-12-8-6-10-15(17)3)21-18-13-9-7-11-16(18)4/h14-21H,6-13H2,1-5H3. The second kappa shape index (κ2) is 8.95. The molecule has 0 aromatic carbocycles. The predicted octanol–water partition coefficient (Wildman–Crippen LogP) is 3.40. The summed E-state index contributed by atoms with van der Waals surface area (Å²) in [5, 5.41) is 0. The molecular formula is C18H39N3OSi. The second-order valence-electron chi connectivity index (χ2n) is 8.12. The van der Waals surface area contributed by atoms with Crippen LogP contribution in [0.1, 0.15) is 79.1 Å². The lowest BCUT2D eigenvalue weighted by Crippen LogP contribution is -2.78. The Balaban J connectivity index is 2.09. The van der Waals surface area contributed by atoms with Crippen molar-refractivity contribution in [2.24, 2.45) is 11.8 Å². The number of hydrogen-bond donors (Lipinski definition) is 3. The maximum atomic E-state index is 6.49. The van der Waals surface area contributed by atoms with E-state index in [-0.39, 0.29) is 6.10 Å². The Labute approximate surface area is 144 Å². The smallest absolute Gasteiger partial charge is 0.378 e. The minimum absolute atomic E-state index is 0.229. The molecule has 136 valence electrons. The lowest BCUT2D eigenvalue weighted by Gasteiger charge is -2.43. The molecule has 0 aromatic heterocycles. The van der Waals surface area contributed by atoms with Crippen LogP contribution in [0.25, 0.3) is 0 Å². The number of rotatable bonds is 7. The van der Waals surface area contributed by atoms with Crippen molar-refractivity contribution in [2.75, 3.05) is 7.05 Å². The van der Waals surface area contributed by atoms with Gasteiger partial charge in [-0.15, -0.1) is 0 Å². The van der Waals surface area contributed by atoms with E-state index < -0.39 is 8.80 Å². The van der Waals surface area contributed by atoms with Gasteiger partial charge in [-0.1, -0.05) is 39.5 Å². The highest BCUT2D eigenvalue weighted by Crippen LogP contribution is 2.27. The van der Waals surface area contributed by atoms with Crippen LogP contribution in [-0.4, -0.2) is 34.0 Å². The van der Waals surface area contributed by atoms with Gasteiger partial charge in [-0.25, -0.2) is 0 Å². The fourth-order valence-electron chi connectivity index (χ4n) is 4.25. The van der Waals surface area contributed by atoms with E-state index in [1.54, 1.807) is 0 Å². The van der Waals surface area contributed by atoms with Crippen LogP contribution in [-0.2, 0) is 4.43 Å². The quantitative estimate of drug-likeness (QED) is 0.621. The lowest BCUT2D eigenvalue weighted by molar-refractivity contribution is 0.176. The van der Waals surface area contributed by atoms with Crippen molar-refractivity contribution < 1.29 is 4.43 Å². The molecule has 0 aromatic rings. The average Bonchev–Trinajstić information content (AvgIpc) is 2.51. The summed E-state index contributed by atoms with van der Waals surface area (Å²) in [4.78, 5) is 11.5. The molecule has 0 aliphatic heterocycles. The predicted molar refractivity (Wildman–Crippen MR) is 100 cm³/mol. The molecule has 3 N–H and O–H groups in total. The highest BCUT2D eigenvalue weighted by atomic mass is 28.4. The van der Waals surface area contributed by atoms with Crippen molar-refractivity contribution >= 4 is 8.80 Å². The van der Waals surface area contributed by atoms with Gasteiger partial charge in [-0.2, -0.15) is 0 Å². The van der Waals surface area contributed by atoms with Crippen LogP contribution < -0.4 is 14.9 Å². The Hall–Kier alpha value is 0.0569. The summed E-state index contributed by atoms with van der Waals surface area (Å²) >= 11 is 0. The van der Waals surface area contributed by atoms with Gasteiger partial charge in [0.05, 0.1) is 0 Å². The second-order valence-corrected chi connectivity index (χ2v) is 10.8. The van der Waals surface area contributed by atoms with Crippen molar-refractivity contribution in [3.63, 3.8) is 0 Å². The first-order chi connectivity index (χ1) is 11.0. The van der Waals surface area contributed by atoms with Gasteiger partial charge in [0.15, 0.2) is 0 Å². The first kappa shape index (κ1) is 19.4. The molecule has 2 rings (SSSR count). The van der Waals surface area contributed by atoms with Crippen LogP contribution >= 0.6 is 0 Å². The fourth-order valence-corrected chi connectivity index (χ4v) is 7.49. The molecule has 0 radical (unpaired) electrons. The monoisotopic (exact) mass is 341 g/mol. The molecule has 2 saturated carbocycles. The van der Waals surface area contributed by atoms with E-state index in [9.17, 15) is 0 Å². The zero-order valence-electron chi connectivity index (χ0n) is 16.0. The van der Waals surface area contributed by atoms with Crippen molar-refractivity contribution in [3.8, 4) is 0 Å². The SMILES string of the molecule is CN[Si](NC1CCCCC1C)(NC1CCCCC1C)OC(C)C. The summed E-state index contributed by atoms with van der Waals surface area (Å²) in [5.74, 6) is 1.48. The van der Waals surface area contributed by atoms with E-state index in [4.69, 9.17) is 4.43 Å². The molecule has 0 amide bonds. The summed E-state index contributed by atoms with van der Waals surface area (Å²) in [6.07, 6.45) is 10.9. The Morgan fingerprint density at radius 3 is 1.61 bits per heavy atom. The molecule has 4 unspecified atom stereocenters. The van der Waals surface area contributed by atoms with Gasteiger partial charge in [0, 0.05) is 18.2 Å². The van der Waals surface area contributed by atoms with E-state index in [2.05, 4.69) is 49.7 Å². The highest BCUT2D eigenvalue weighted by molar-refractivity contribution is 6.66. The minimum Gasteiger partial charge on any atom is -0.378 e. The summed E-state index contributed by atoms with van der Waals surface area (Å²) in [6.45, 7) is 9.09. The Morgan fingerprint density at radius 2 is 1.26 bits per heavy atom. The van der Waals surface area contributed by atoms with E-state index in [0.29, 0.717) is 12.1 Å². The van der Waals surface area contributed by atoms with Gasteiger partial charge in [-0.05, 0) is 58.4 Å². The molecule has 4 atom stereocenters. The van der Waals surface area contributed by atoms with Crippen molar-refractivity contribution in [1.82, 2.24) is 14.9 Å². The third-order valence-corrected chi connectivity index (χ3v) is 8.85. The van der Waals surface area contributed by atoms with Crippen LogP contribution in [0, 0.1) is 11.8 Å². The normalized spacial score (nSPS) is 35.2. The Kier molecular flexibility index (Phi) is 7.54. The maximum Gasteiger partial charge on any atom is 0.440 e. The third kappa shape index (κ3) is 5.53. The average molecular weight is 342 g/mol. The summed E-state index contributed by atoms with van der Waals surface area (Å²) in [5.41, 5.74) is 0. The van der Waals surface area contributed by atoms with Crippen LogP contribution in [0.15, 0.2) is 0 Å². The molecule has 2 fully saturated rings. The topological polar surface area (TPSA) is 45.3 Å². The fraction of sp³-hybridized carbons (Fsp3) is 1.00. The van der Waals surface area contributed by atoms with Crippen molar-refractivity contribution in [2.45, 2.75) is 97.2 Å². The Bertz CT molecular complexity index is 329. The first-order valence-electron chi connectivity index (χ1n) is 9.88.